The molecule has 0 saturated carbocycles. The standard InChI is InChI=1S/C18H14O6S2/c19-15-11-16(20)18(26(23,24)14-9-5-2-6-10-14)12-17(15)25(21,22)13-7-3-1-4-8-13/h1-12,19-20H. The first-order valence-electron chi connectivity index (χ1n) is 7.41. The lowest BCUT2D eigenvalue weighted by molar-refractivity contribution is 0.430. The van der Waals surface area contributed by atoms with E-state index in [0.717, 1.165) is 6.07 Å². The van der Waals surface area contributed by atoms with Crippen LogP contribution in [0.25, 0.3) is 0 Å². The van der Waals surface area contributed by atoms with Crippen LogP contribution in [0.2, 0.25) is 0 Å². The van der Waals surface area contributed by atoms with E-state index in [2.05, 4.69) is 0 Å². The largest absolute Gasteiger partial charge is 0.506 e. The highest BCUT2D eigenvalue weighted by Crippen LogP contribution is 2.38. The molecule has 0 aliphatic carbocycles. The van der Waals surface area contributed by atoms with E-state index in [1.807, 2.05) is 0 Å². The summed E-state index contributed by atoms with van der Waals surface area (Å²) in [4.78, 5) is -1.42. The molecule has 0 heterocycles. The van der Waals surface area contributed by atoms with E-state index in [9.17, 15) is 27.0 Å². The molecule has 0 saturated heterocycles. The molecule has 0 aromatic heterocycles. The molecule has 0 fully saturated rings. The van der Waals surface area contributed by atoms with Crippen molar-refractivity contribution in [3.63, 3.8) is 0 Å². The van der Waals surface area contributed by atoms with Crippen molar-refractivity contribution < 1.29 is 27.0 Å². The number of phenolic OH excluding ortho intramolecular Hbond substituents is 2. The van der Waals surface area contributed by atoms with Crippen molar-refractivity contribution in [1.82, 2.24) is 0 Å². The van der Waals surface area contributed by atoms with E-state index in [1.165, 1.54) is 48.5 Å². The number of benzene rings is 3. The van der Waals surface area contributed by atoms with Crippen LogP contribution in [0.1, 0.15) is 0 Å². The Hall–Kier alpha value is -2.84. The van der Waals surface area contributed by atoms with Crippen LogP contribution in [0.3, 0.4) is 0 Å². The van der Waals surface area contributed by atoms with Crippen molar-refractivity contribution in [2.24, 2.45) is 0 Å². The summed E-state index contributed by atoms with van der Waals surface area (Å²) in [5.74, 6) is -1.48. The molecule has 134 valence electrons. The van der Waals surface area contributed by atoms with Crippen LogP contribution in [-0.2, 0) is 19.7 Å². The van der Waals surface area contributed by atoms with Gasteiger partial charge in [0, 0.05) is 6.07 Å². The van der Waals surface area contributed by atoms with Gasteiger partial charge in [-0.25, -0.2) is 16.8 Å². The maximum Gasteiger partial charge on any atom is 0.210 e. The average molecular weight is 390 g/mol. The van der Waals surface area contributed by atoms with E-state index >= 15 is 0 Å². The molecule has 6 nitrogen and oxygen atoms in total. The van der Waals surface area contributed by atoms with Crippen molar-refractivity contribution in [3.8, 4) is 11.5 Å². The molecule has 0 atom stereocenters. The summed E-state index contributed by atoms with van der Waals surface area (Å²) in [6.07, 6.45) is 0. The van der Waals surface area contributed by atoms with Gasteiger partial charge in [0.25, 0.3) is 0 Å². The number of phenols is 2. The lowest BCUT2D eigenvalue weighted by Gasteiger charge is -2.12. The molecule has 2 N–H and O–H groups in total. The van der Waals surface area contributed by atoms with Gasteiger partial charge in [-0.15, -0.1) is 0 Å². The van der Waals surface area contributed by atoms with E-state index in [-0.39, 0.29) is 9.79 Å². The maximum absolute atomic E-state index is 12.7. The average Bonchev–Trinajstić information content (AvgIpc) is 2.62. The predicted molar refractivity (Wildman–Crippen MR) is 93.6 cm³/mol. The van der Waals surface area contributed by atoms with Crippen LogP contribution in [0.5, 0.6) is 11.5 Å². The Bertz CT molecular complexity index is 1060. The second-order valence-corrected chi connectivity index (χ2v) is 9.26. The fourth-order valence-corrected chi connectivity index (χ4v) is 5.25. The first-order chi connectivity index (χ1) is 12.2. The zero-order valence-electron chi connectivity index (χ0n) is 13.3. The number of sulfone groups is 2. The van der Waals surface area contributed by atoms with Gasteiger partial charge in [-0.1, -0.05) is 36.4 Å². The fraction of sp³-hybridized carbons (Fsp3) is 0. The molecular weight excluding hydrogens is 376 g/mol. The van der Waals surface area contributed by atoms with Gasteiger partial charge >= 0.3 is 0 Å². The Morgan fingerprint density at radius 2 is 0.885 bits per heavy atom. The Labute approximate surface area is 150 Å². The molecule has 0 radical (unpaired) electrons. The summed E-state index contributed by atoms with van der Waals surface area (Å²) in [6.45, 7) is 0. The molecule has 3 aromatic rings. The summed E-state index contributed by atoms with van der Waals surface area (Å²) in [5, 5.41) is 20.0. The van der Waals surface area contributed by atoms with Crippen molar-refractivity contribution in [3.05, 3.63) is 72.8 Å². The van der Waals surface area contributed by atoms with Gasteiger partial charge in [-0.2, -0.15) is 0 Å². The van der Waals surface area contributed by atoms with Crippen LogP contribution < -0.4 is 0 Å². The molecule has 0 aliphatic heterocycles. The molecule has 0 spiro atoms. The van der Waals surface area contributed by atoms with Gasteiger partial charge in [0.15, 0.2) is 0 Å². The lowest BCUT2D eigenvalue weighted by Crippen LogP contribution is -2.07. The van der Waals surface area contributed by atoms with Gasteiger partial charge in [0.1, 0.15) is 21.3 Å². The Kier molecular flexibility index (Phi) is 4.47. The van der Waals surface area contributed by atoms with Crippen LogP contribution in [-0.4, -0.2) is 27.0 Å². The van der Waals surface area contributed by atoms with E-state index in [0.29, 0.717) is 6.07 Å². The Balaban J connectivity index is 2.25. The zero-order chi connectivity index (χ0) is 18.9. The minimum Gasteiger partial charge on any atom is -0.506 e. The van der Waals surface area contributed by atoms with Crippen molar-refractivity contribution in [1.29, 1.82) is 0 Å². The Morgan fingerprint density at radius 3 is 1.23 bits per heavy atom. The first-order valence-corrected chi connectivity index (χ1v) is 10.4. The van der Waals surface area contributed by atoms with E-state index < -0.39 is 41.0 Å². The lowest BCUT2D eigenvalue weighted by atomic mass is 10.3. The quantitative estimate of drug-likeness (QED) is 0.709. The van der Waals surface area contributed by atoms with Gasteiger partial charge in [-0.05, 0) is 30.3 Å². The molecule has 0 bridgehead atoms. The topological polar surface area (TPSA) is 109 Å². The van der Waals surface area contributed by atoms with Gasteiger partial charge in [0.05, 0.1) is 9.79 Å². The van der Waals surface area contributed by atoms with E-state index in [4.69, 9.17) is 0 Å². The first kappa shape index (κ1) is 18.0. The Morgan fingerprint density at radius 1 is 0.538 bits per heavy atom. The number of hydrogen-bond donors (Lipinski definition) is 2. The highest BCUT2D eigenvalue weighted by Gasteiger charge is 2.28. The third kappa shape index (κ3) is 3.04. The summed E-state index contributed by atoms with van der Waals surface area (Å²) in [7, 11) is -8.35. The third-order valence-corrected chi connectivity index (χ3v) is 7.32. The maximum atomic E-state index is 12.7. The monoisotopic (exact) mass is 390 g/mol. The van der Waals surface area contributed by atoms with Crippen LogP contribution in [0.4, 0.5) is 0 Å². The van der Waals surface area contributed by atoms with Crippen LogP contribution in [0.15, 0.2) is 92.4 Å². The van der Waals surface area contributed by atoms with Gasteiger partial charge < -0.3 is 10.2 Å². The normalized spacial score (nSPS) is 12.0. The minimum absolute atomic E-state index is 0.107. The number of aromatic hydroxyl groups is 2. The van der Waals surface area contributed by atoms with Crippen molar-refractivity contribution >= 4 is 19.7 Å². The minimum atomic E-state index is -4.18. The highest BCUT2D eigenvalue weighted by molar-refractivity contribution is 7.92. The zero-order valence-corrected chi connectivity index (χ0v) is 14.9. The molecule has 8 heteroatoms. The van der Waals surface area contributed by atoms with Crippen molar-refractivity contribution in [2.75, 3.05) is 0 Å². The van der Waals surface area contributed by atoms with Gasteiger partial charge in [-0.3, -0.25) is 0 Å². The molecule has 0 unspecified atom stereocenters. The summed E-state index contributed by atoms with van der Waals surface area (Å²) in [6, 6.07) is 16.1. The van der Waals surface area contributed by atoms with Crippen molar-refractivity contribution in [2.45, 2.75) is 19.6 Å². The second-order valence-electron chi connectivity index (χ2n) is 5.42. The fourth-order valence-electron chi connectivity index (χ4n) is 2.42. The predicted octanol–water partition coefficient (Wildman–Crippen LogP) is 2.76. The molecule has 3 aromatic carbocycles. The van der Waals surface area contributed by atoms with E-state index in [1.54, 1.807) is 12.1 Å². The summed E-state index contributed by atoms with van der Waals surface area (Å²) in [5.41, 5.74) is 0. The summed E-state index contributed by atoms with van der Waals surface area (Å²) >= 11 is 0. The molecular formula is C18H14O6S2. The third-order valence-electron chi connectivity index (χ3n) is 3.73. The summed E-state index contributed by atoms with van der Waals surface area (Å²) < 4.78 is 51.0. The smallest absolute Gasteiger partial charge is 0.210 e. The second kappa shape index (κ2) is 6.47. The SMILES string of the molecule is O=S(=O)(c1ccccc1)c1cc(S(=O)(=O)c2ccccc2)c(O)cc1O. The molecule has 26 heavy (non-hydrogen) atoms. The highest BCUT2D eigenvalue weighted by atomic mass is 32.2. The van der Waals surface area contributed by atoms with Crippen LogP contribution in [0, 0.1) is 0 Å². The molecule has 0 amide bonds. The van der Waals surface area contributed by atoms with Gasteiger partial charge in [0.2, 0.25) is 19.7 Å². The van der Waals surface area contributed by atoms with Crippen LogP contribution >= 0.6 is 0 Å². The number of hydrogen-bond acceptors (Lipinski definition) is 6. The number of rotatable bonds is 4. The molecule has 0 aliphatic rings. The molecule has 3 rings (SSSR count).